The zero-order valence-electron chi connectivity index (χ0n) is 19.2. The Balaban J connectivity index is 1.78. The van der Waals surface area contributed by atoms with Crippen molar-refractivity contribution in [2.45, 2.75) is 32.2 Å². The molecule has 2 aromatic carbocycles. The van der Waals surface area contributed by atoms with Crippen molar-refractivity contribution in [3.05, 3.63) is 58.2 Å². The number of phenolic OH excluding ortho intramolecular Hbond substituents is 1. The van der Waals surface area contributed by atoms with Gasteiger partial charge in [0.1, 0.15) is 17.1 Å². The number of amides is 1. The highest BCUT2D eigenvalue weighted by atomic mass is 35.5. The van der Waals surface area contributed by atoms with Gasteiger partial charge in [0.25, 0.3) is 5.91 Å². The van der Waals surface area contributed by atoms with Crippen LogP contribution in [-0.4, -0.2) is 58.1 Å². The van der Waals surface area contributed by atoms with Crippen LogP contribution in [0.25, 0.3) is 11.3 Å². The Hall–Kier alpha value is -3.23. The van der Waals surface area contributed by atoms with Crippen molar-refractivity contribution in [2.24, 2.45) is 0 Å². The summed E-state index contributed by atoms with van der Waals surface area (Å²) in [6.45, 7) is 2.65. The number of ether oxygens (including phenoxy) is 2. The second kappa shape index (κ2) is 10.4. The van der Waals surface area contributed by atoms with Gasteiger partial charge in [-0.3, -0.25) is 9.89 Å². The molecule has 1 unspecified atom stereocenters. The Bertz CT molecular complexity index is 1180. The summed E-state index contributed by atoms with van der Waals surface area (Å²) in [6.07, 6.45) is 3.14. The molecule has 0 fully saturated rings. The quantitative estimate of drug-likeness (QED) is 0.363. The van der Waals surface area contributed by atoms with Gasteiger partial charge in [0.15, 0.2) is 11.5 Å². The predicted octanol–water partition coefficient (Wildman–Crippen LogP) is 4.55. The minimum Gasteiger partial charge on any atom is -0.507 e. The van der Waals surface area contributed by atoms with E-state index < -0.39 is 6.04 Å². The highest BCUT2D eigenvalue weighted by Crippen LogP contribution is 2.46. The van der Waals surface area contributed by atoms with E-state index >= 15 is 0 Å². The lowest BCUT2D eigenvalue weighted by molar-refractivity contribution is 0.0706. The normalized spacial score (nSPS) is 15.0. The molecule has 0 saturated heterocycles. The van der Waals surface area contributed by atoms with Crippen LogP contribution in [0.5, 0.6) is 17.2 Å². The number of rotatable bonds is 10. The van der Waals surface area contributed by atoms with Crippen LogP contribution in [0.4, 0.5) is 0 Å². The number of H-pyrrole nitrogens is 1. The van der Waals surface area contributed by atoms with Gasteiger partial charge in [0.05, 0.1) is 26.4 Å². The van der Waals surface area contributed by atoms with E-state index in [1.165, 1.54) is 6.07 Å². The smallest absolute Gasteiger partial charge is 0.273 e. The molecule has 1 atom stereocenters. The van der Waals surface area contributed by atoms with Crippen molar-refractivity contribution < 1.29 is 24.5 Å². The SMILES string of the molecule is CCCCCOc1ccc(C2c3c(-c4cc(Cl)ccc4O)n[nH]c3C(=O)N2CCO)cc1OC. The summed E-state index contributed by atoms with van der Waals surface area (Å²) in [6, 6.07) is 9.67. The standard InChI is InChI=1S/C25H28ClN3O5/c1-3-4-5-12-34-19-9-6-15(13-20(19)33-2)24-21-22(17-14-16(26)7-8-18(17)31)27-28-23(21)25(32)29(24)10-11-30/h6-9,13-14,24,30-31H,3-5,10-12H2,1-2H3,(H,27,28). The first-order valence-electron chi connectivity index (χ1n) is 11.3. The van der Waals surface area contributed by atoms with E-state index in [-0.39, 0.29) is 24.8 Å². The van der Waals surface area contributed by atoms with Gasteiger partial charge in [-0.25, -0.2) is 0 Å². The van der Waals surface area contributed by atoms with Crippen LogP contribution in [0.15, 0.2) is 36.4 Å². The molecule has 0 bridgehead atoms. The first-order valence-corrected chi connectivity index (χ1v) is 11.7. The van der Waals surface area contributed by atoms with E-state index in [4.69, 9.17) is 21.1 Å². The molecule has 0 radical (unpaired) electrons. The van der Waals surface area contributed by atoms with Crippen molar-refractivity contribution >= 4 is 17.5 Å². The number of β-amino-alcohol motifs (C(OH)–C–C–N with tert-alkyl or cyclic N) is 1. The lowest BCUT2D eigenvalue weighted by Gasteiger charge is -2.26. The minimum absolute atomic E-state index is 0.00100. The van der Waals surface area contributed by atoms with Crippen LogP contribution in [0.3, 0.4) is 0 Å². The molecule has 9 heteroatoms. The molecule has 180 valence electrons. The van der Waals surface area contributed by atoms with Crippen LogP contribution >= 0.6 is 11.6 Å². The molecule has 0 saturated carbocycles. The van der Waals surface area contributed by atoms with Crippen LogP contribution in [0.1, 0.15) is 53.8 Å². The van der Waals surface area contributed by atoms with Gasteiger partial charge in [-0.15, -0.1) is 0 Å². The molecular weight excluding hydrogens is 458 g/mol. The summed E-state index contributed by atoms with van der Waals surface area (Å²) in [4.78, 5) is 14.8. The number of hydrogen-bond donors (Lipinski definition) is 3. The molecule has 3 aromatic rings. The number of benzene rings is 2. The van der Waals surface area contributed by atoms with Gasteiger partial charge < -0.3 is 24.6 Å². The van der Waals surface area contributed by atoms with Gasteiger partial charge in [-0.05, 0) is 42.3 Å². The van der Waals surface area contributed by atoms with Gasteiger partial charge >= 0.3 is 0 Å². The monoisotopic (exact) mass is 485 g/mol. The molecule has 8 nitrogen and oxygen atoms in total. The average Bonchev–Trinajstić information content (AvgIpc) is 3.38. The zero-order valence-corrected chi connectivity index (χ0v) is 19.9. The maximum absolute atomic E-state index is 13.2. The molecule has 1 aliphatic rings. The number of fused-ring (bicyclic) bond motifs is 1. The van der Waals surface area contributed by atoms with Crippen molar-refractivity contribution in [2.75, 3.05) is 26.9 Å². The van der Waals surface area contributed by atoms with E-state index in [0.29, 0.717) is 45.6 Å². The number of carbonyl (C=O) groups is 1. The van der Waals surface area contributed by atoms with Crippen LogP contribution in [-0.2, 0) is 0 Å². The Morgan fingerprint density at radius 3 is 2.74 bits per heavy atom. The predicted molar refractivity (Wildman–Crippen MR) is 129 cm³/mol. The number of aromatic nitrogens is 2. The van der Waals surface area contributed by atoms with Crippen LogP contribution < -0.4 is 9.47 Å². The van der Waals surface area contributed by atoms with E-state index in [1.807, 2.05) is 18.2 Å². The number of carbonyl (C=O) groups excluding carboxylic acids is 1. The summed E-state index contributed by atoms with van der Waals surface area (Å²) < 4.78 is 11.5. The maximum atomic E-state index is 13.2. The second-order valence-electron chi connectivity index (χ2n) is 8.11. The third kappa shape index (κ3) is 4.43. The molecule has 0 aliphatic carbocycles. The van der Waals surface area contributed by atoms with Gasteiger partial charge in [0.2, 0.25) is 0 Å². The van der Waals surface area contributed by atoms with Crippen molar-refractivity contribution in [1.82, 2.24) is 15.1 Å². The number of unbranched alkanes of at least 4 members (excludes halogenated alkanes) is 2. The summed E-state index contributed by atoms with van der Waals surface area (Å²) in [5, 5.41) is 27.7. The number of nitrogens with zero attached hydrogens (tertiary/aromatic N) is 2. The third-order valence-electron chi connectivity index (χ3n) is 5.93. The fraction of sp³-hybridized carbons (Fsp3) is 0.360. The lowest BCUT2D eigenvalue weighted by Crippen LogP contribution is -2.32. The Morgan fingerprint density at radius 1 is 1.18 bits per heavy atom. The molecule has 2 heterocycles. The van der Waals surface area contributed by atoms with E-state index in [2.05, 4.69) is 17.1 Å². The largest absolute Gasteiger partial charge is 0.507 e. The first kappa shape index (κ1) is 23.9. The first-order chi connectivity index (χ1) is 16.5. The van der Waals surface area contributed by atoms with Crippen molar-refractivity contribution in [3.63, 3.8) is 0 Å². The number of hydrogen-bond acceptors (Lipinski definition) is 6. The summed E-state index contributed by atoms with van der Waals surface area (Å²) in [7, 11) is 1.57. The molecule has 0 spiro atoms. The Labute approximate surface area is 203 Å². The summed E-state index contributed by atoms with van der Waals surface area (Å²) >= 11 is 6.17. The average molecular weight is 486 g/mol. The molecule has 1 amide bonds. The highest BCUT2D eigenvalue weighted by molar-refractivity contribution is 6.31. The molecule has 34 heavy (non-hydrogen) atoms. The van der Waals surface area contributed by atoms with Crippen LogP contribution in [0.2, 0.25) is 5.02 Å². The van der Waals surface area contributed by atoms with E-state index in [9.17, 15) is 15.0 Å². The van der Waals surface area contributed by atoms with E-state index in [0.717, 1.165) is 24.8 Å². The fourth-order valence-corrected chi connectivity index (χ4v) is 4.46. The molecule has 1 aromatic heterocycles. The number of halogens is 1. The number of methoxy groups -OCH3 is 1. The lowest BCUT2D eigenvalue weighted by atomic mass is 9.95. The number of nitrogens with one attached hydrogen (secondary N) is 1. The molecule has 4 rings (SSSR count). The summed E-state index contributed by atoms with van der Waals surface area (Å²) in [5.41, 5.74) is 2.52. The number of aliphatic hydroxyl groups excluding tert-OH is 1. The second-order valence-corrected chi connectivity index (χ2v) is 8.55. The van der Waals surface area contributed by atoms with Crippen LogP contribution in [0, 0.1) is 0 Å². The molecule has 3 N–H and O–H groups in total. The number of phenols is 1. The minimum atomic E-state index is -0.551. The summed E-state index contributed by atoms with van der Waals surface area (Å²) in [5.74, 6) is 0.891. The molecule has 1 aliphatic heterocycles. The topological polar surface area (TPSA) is 108 Å². The number of aromatic hydroxyl groups is 1. The highest BCUT2D eigenvalue weighted by Gasteiger charge is 2.42. The van der Waals surface area contributed by atoms with Gasteiger partial charge in [-0.2, -0.15) is 5.10 Å². The van der Waals surface area contributed by atoms with Gasteiger partial charge in [0, 0.05) is 22.7 Å². The Kier molecular flexibility index (Phi) is 7.29. The Morgan fingerprint density at radius 2 is 2.00 bits per heavy atom. The van der Waals surface area contributed by atoms with Crippen molar-refractivity contribution in [3.8, 4) is 28.5 Å². The fourth-order valence-electron chi connectivity index (χ4n) is 4.29. The number of aromatic amines is 1. The van der Waals surface area contributed by atoms with Crippen molar-refractivity contribution in [1.29, 1.82) is 0 Å². The number of aliphatic hydroxyl groups is 1. The third-order valence-corrected chi connectivity index (χ3v) is 6.16. The maximum Gasteiger partial charge on any atom is 0.273 e. The molecular formula is C25H28ClN3O5. The van der Waals surface area contributed by atoms with E-state index in [1.54, 1.807) is 24.1 Å². The van der Waals surface area contributed by atoms with Gasteiger partial charge in [-0.1, -0.05) is 37.4 Å². The zero-order chi connectivity index (χ0) is 24.2.